The topological polar surface area (TPSA) is 157 Å². The van der Waals surface area contributed by atoms with Crippen LogP contribution in [0.2, 0.25) is 0 Å². The highest BCUT2D eigenvalue weighted by Gasteiger charge is 2.18. The van der Waals surface area contributed by atoms with Crippen molar-refractivity contribution in [2.75, 3.05) is 12.0 Å². The summed E-state index contributed by atoms with van der Waals surface area (Å²) in [5, 5.41) is 29.6. The third-order valence-electron chi connectivity index (χ3n) is 3.18. The number of hydrazone groups is 1. The van der Waals surface area contributed by atoms with E-state index in [0.29, 0.717) is 12.2 Å². The highest BCUT2D eigenvalue weighted by molar-refractivity contribution is 7.89. The lowest BCUT2D eigenvalue weighted by molar-refractivity contribution is -0.384. The molecule has 2 aromatic carbocycles. The van der Waals surface area contributed by atoms with E-state index in [1.807, 2.05) is 0 Å². The number of primary sulfonamides is 1. The Balaban J connectivity index is 2.25. The smallest absolute Gasteiger partial charge is 0.295 e. The van der Waals surface area contributed by atoms with E-state index >= 15 is 0 Å². The fourth-order valence-electron chi connectivity index (χ4n) is 1.99. The van der Waals surface area contributed by atoms with Crippen molar-refractivity contribution in [2.45, 2.75) is 11.8 Å². The Morgan fingerprint density at radius 1 is 1.35 bits per heavy atom. The van der Waals surface area contributed by atoms with E-state index in [0.717, 1.165) is 12.1 Å². The van der Waals surface area contributed by atoms with Crippen molar-refractivity contribution in [2.24, 2.45) is 10.2 Å². The van der Waals surface area contributed by atoms with E-state index in [4.69, 9.17) is 9.88 Å². The van der Waals surface area contributed by atoms with Gasteiger partial charge in [-0.3, -0.25) is 15.5 Å². The van der Waals surface area contributed by atoms with Crippen molar-refractivity contribution in [1.29, 1.82) is 0 Å². The Morgan fingerprint density at radius 2 is 2.08 bits per heavy atom. The van der Waals surface area contributed by atoms with Crippen LogP contribution < -0.4 is 15.3 Å². The number of nitrogens with zero attached hydrogens (tertiary/aromatic N) is 2. The van der Waals surface area contributed by atoms with Crippen molar-refractivity contribution in [1.82, 2.24) is 0 Å². The first-order valence-corrected chi connectivity index (χ1v) is 8.83. The second kappa shape index (κ2) is 7.80. The summed E-state index contributed by atoms with van der Waals surface area (Å²) in [5.74, 6) is 0.256. The van der Waals surface area contributed by atoms with E-state index in [-0.39, 0.29) is 22.1 Å². The molecule has 0 bridgehead atoms. The molecule has 0 saturated carbocycles. The zero-order chi connectivity index (χ0) is 19.3. The van der Waals surface area contributed by atoms with E-state index in [2.05, 4.69) is 10.5 Å². The first kappa shape index (κ1) is 19.1. The van der Waals surface area contributed by atoms with Gasteiger partial charge in [-0.05, 0) is 42.8 Å². The standard InChI is InChI=1S/C15H16N4O6S/c1-2-25-15-7-10(3-6-14(15)20)9-17-18-12-5-4-11(26(16,23)24)8-13(12)19(21)22/h3-9,18,20H,2H2,1H3,(H2,16,23,24). The first-order chi connectivity index (χ1) is 12.2. The van der Waals surface area contributed by atoms with Crippen LogP contribution in [0.1, 0.15) is 12.5 Å². The number of hydrogen-bond acceptors (Lipinski definition) is 8. The number of nitrogens with one attached hydrogen (secondary N) is 1. The van der Waals surface area contributed by atoms with E-state index < -0.39 is 20.6 Å². The number of nitrogens with two attached hydrogens (primary N) is 1. The molecule has 0 radical (unpaired) electrons. The fraction of sp³-hybridized carbons (Fsp3) is 0.133. The molecule has 0 aliphatic heterocycles. The number of rotatable bonds is 7. The van der Waals surface area contributed by atoms with Crippen LogP contribution in [-0.2, 0) is 10.0 Å². The molecule has 0 amide bonds. The number of nitro benzene ring substituents is 1. The normalized spacial score (nSPS) is 11.5. The summed E-state index contributed by atoms with van der Waals surface area (Å²) in [7, 11) is -4.06. The number of benzene rings is 2. The van der Waals surface area contributed by atoms with Crippen molar-refractivity contribution in [3.8, 4) is 11.5 Å². The lowest BCUT2D eigenvalue weighted by atomic mass is 10.2. The lowest BCUT2D eigenvalue weighted by Crippen LogP contribution is -2.12. The third-order valence-corrected chi connectivity index (χ3v) is 4.09. The quantitative estimate of drug-likeness (QED) is 0.375. The highest BCUT2D eigenvalue weighted by Crippen LogP contribution is 2.28. The van der Waals surface area contributed by atoms with E-state index in [9.17, 15) is 23.6 Å². The molecule has 2 rings (SSSR count). The molecule has 138 valence electrons. The van der Waals surface area contributed by atoms with E-state index in [1.54, 1.807) is 19.1 Å². The van der Waals surface area contributed by atoms with Gasteiger partial charge < -0.3 is 9.84 Å². The average molecular weight is 380 g/mol. The number of phenols is 1. The second-order valence-electron chi connectivity index (χ2n) is 5.01. The number of hydrogen-bond donors (Lipinski definition) is 3. The summed E-state index contributed by atoms with van der Waals surface area (Å²) in [6.45, 7) is 2.14. The molecule has 0 atom stereocenters. The minimum atomic E-state index is -4.06. The highest BCUT2D eigenvalue weighted by atomic mass is 32.2. The molecule has 0 aliphatic carbocycles. The molecule has 0 heterocycles. The maximum absolute atomic E-state index is 11.3. The van der Waals surface area contributed by atoms with Gasteiger partial charge in [0.05, 0.1) is 22.6 Å². The molecule has 0 unspecified atom stereocenters. The van der Waals surface area contributed by atoms with Crippen molar-refractivity contribution >= 4 is 27.6 Å². The monoisotopic (exact) mass is 380 g/mol. The van der Waals surface area contributed by atoms with Gasteiger partial charge >= 0.3 is 0 Å². The average Bonchev–Trinajstić information content (AvgIpc) is 2.57. The summed E-state index contributed by atoms with van der Waals surface area (Å²) >= 11 is 0. The summed E-state index contributed by atoms with van der Waals surface area (Å²) in [4.78, 5) is 10.00. The van der Waals surface area contributed by atoms with Gasteiger partial charge in [-0.25, -0.2) is 13.6 Å². The van der Waals surface area contributed by atoms with Crippen LogP contribution in [0, 0.1) is 10.1 Å². The van der Waals surface area contributed by atoms with Crippen LogP contribution in [0.25, 0.3) is 0 Å². The number of ether oxygens (including phenoxy) is 1. The van der Waals surface area contributed by atoms with Crippen LogP contribution in [0.3, 0.4) is 0 Å². The van der Waals surface area contributed by atoms with Gasteiger partial charge in [0.1, 0.15) is 5.69 Å². The van der Waals surface area contributed by atoms with Gasteiger partial charge in [-0.2, -0.15) is 5.10 Å². The summed E-state index contributed by atoms with van der Waals surface area (Å²) in [6, 6.07) is 7.71. The van der Waals surface area contributed by atoms with Crippen LogP contribution in [-0.4, -0.2) is 31.3 Å². The molecule has 10 nitrogen and oxygen atoms in total. The number of phenolic OH excluding ortho intramolecular Hbond substituents is 1. The zero-order valence-electron chi connectivity index (χ0n) is 13.6. The molecule has 0 fully saturated rings. The molecule has 4 N–H and O–H groups in total. The van der Waals surface area contributed by atoms with E-state index in [1.165, 1.54) is 18.3 Å². The summed E-state index contributed by atoms with van der Waals surface area (Å²) in [5.41, 5.74) is 2.55. The largest absolute Gasteiger partial charge is 0.504 e. The first-order valence-electron chi connectivity index (χ1n) is 7.28. The molecule has 26 heavy (non-hydrogen) atoms. The van der Waals surface area contributed by atoms with Gasteiger partial charge in [0, 0.05) is 6.07 Å². The number of aromatic hydroxyl groups is 1. The number of sulfonamides is 1. The predicted molar refractivity (Wildman–Crippen MR) is 95.0 cm³/mol. The minimum absolute atomic E-state index is 0.0116. The Morgan fingerprint density at radius 3 is 2.69 bits per heavy atom. The molecule has 0 saturated heterocycles. The van der Waals surface area contributed by atoms with Gasteiger partial charge in [0.2, 0.25) is 10.0 Å². The number of anilines is 1. The number of nitro groups is 1. The maximum Gasteiger partial charge on any atom is 0.295 e. The molecule has 0 aromatic heterocycles. The molecular formula is C15H16N4O6S. The van der Waals surface area contributed by atoms with Crippen molar-refractivity contribution < 1.29 is 23.2 Å². The van der Waals surface area contributed by atoms with Crippen molar-refractivity contribution in [3.63, 3.8) is 0 Å². The summed E-state index contributed by atoms with van der Waals surface area (Å²) in [6.07, 6.45) is 1.36. The summed E-state index contributed by atoms with van der Waals surface area (Å²) < 4.78 is 27.9. The van der Waals surface area contributed by atoms with Gasteiger partial charge in [-0.1, -0.05) is 0 Å². The molecule has 11 heteroatoms. The Kier molecular flexibility index (Phi) is 5.75. The van der Waals surface area contributed by atoms with Crippen molar-refractivity contribution in [3.05, 3.63) is 52.1 Å². The fourth-order valence-corrected chi connectivity index (χ4v) is 2.53. The third kappa shape index (κ3) is 4.68. The van der Waals surface area contributed by atoms with Gasteiger partial charge in [0.15, 0.2) is 11.5 Å². The van der Waals surface area contributed by atoms with Crippen LogP contribution in [0.5, 0.6) is 11.5 Å². The second-order valence-corrected chi connectivity index (χ2v) is 6.57. The van der Waals surface area contributed by atoms with Crippen LogP contribution in [0.15, 0.2) is 46.4 Å². The Labute approximate surface area is 149 Å². The molecule has 0 aliphatic rings. The molecule has 2 aromatic rings. The Hall–Kier alpha value is -3.18. The predicted octanol–water partition coefficient (Wildman–Crippen LogP) is 1.79. The molecular weight excluding hydrogens is 364 g/mol. The lowest BCUT2D eigenvalue weighted by Gasteiger charge is -2.06. The van der Waals surface area contributed by atoms with Crippen LogP contribution in [0.4, 0.5) is 11.4 Å². The minimum Gasteiger partial charge on any atom is -0.504 e. The van der Waals surface area contributed by atoms with Gasteiger partial charge in [-0.15, -0.1) is 0 Å². The van der Waals surface area contributed by atoms with Gasteiger partial charge in [0.25, 0.3) is 5.69 Å². The Bertz CT molecular complexity index is 959. The maximum atomic E-state index is 11.3. The molecule has 0 spiro atoms. The van der Waals surface area contributed by atoms with Crippen LogP contribution >= 0.6 is 0 Å². The SMILES string of the molecule is CCOc1cc(C=NNc2ccc(S(N)(=O)=O)cc2[N+](=O)[O-])ccc1O. The zero-order valence-corrected chi connectivity index (χ0v) is 14.4.